The SMILES string of the molecule is CN(CCc1ccc(Cl)cc1)C(=O)CCC(O)(C=O)NC(=O)[C@H](CC1CCCCC1)NC(=O)OCc1cccc(Cl)c1. The topological polar surface area (TPSA) is 125 Å². The molecule has 3 amide bonds. The molecular formula is C31H39Cl2N3O6. The maximum atomic E-state index is 13.3. The zero-order valence-corrected chi connectivity index (χ0v) is 25.3. The number of aliphatic hydroxyl groups is 1. The fourth-order valence-electron chi connectivity index (χ4n) is 4.96. The molecule has 9 nitrogen and oxygen atoms in total. The van der Waals surface area contributed by atoms with Gasteiger partial charge >= 0.3 is 6.09 Å². The average molecular weight is 621 g/mol. The monoisotopic (exact) mass is 619 g/mol. The van der Waals surface area contributed by atoms with Crippen LogP contribution in [0, 0.1) is 5.92 Å². The summed E-state index contributed by atoms with van der Waals surface area (Å²) in [5.74, 6) is -0.818. The van der Waals surface area contributed by atoms with E-state index in [0.29, 0.717) is 35.0 Å². The summed E-state index contributed by atoms with van der Waals surface area (Å²) >= 11 is 11.9. The first-order valence-corrected chi connectivity index (χ1v) is 15.0. The number of rotatable bonds is 14. The van der Waals surface area contributed by atoms with Crippen LogP contribution in [0.5, 0.6) is 0 Å². The Bertz CT molecular complexity index is 1210. The van der Waals surface area contributed by atoms with Crippen LogP contribution in [0.2, 0.25) is 10.0 Å². The molecule has 3 rings (SSSR count). The van der Waals surface area contributed by atoms with Crippen LogP contribution in [-0.2, 0) is 32.1 Å². The standard InChI is InChI=1S/C31H39Cl2N3O6/c1-36(17-15-22-10-12-25(32)13-11-22)28(38)14-16-31(41,21-37)35-29(39)27(19-23-6-3-2-4-7-23)34-30(40)42-20-24-8-5-9-26(33)18-24/h5,8-13,18,21,23,27,41H,2-4,6-7,14-17,19-20H2,1H3,(H,34,40)(H,35,39)/t27-,31?/m0/s1. The highest BCUT2D eigenvalue weighted by Crippen LogP contribution is 2.27. The number of halogens is 2. The normalized spacial score (nSPS) is 15.6. The number of carbonyl (C=O) groups is 4. The largest absolute Gasteiger partial charge is 0.445 e. The van der Waals surface area contributed by atoms with Crippen molar-refractivity contribution in [2.75, 3.05) is 13.6 Å². The van der Waals surface area contributed by atoms with E-state index in [1.54, 1.807) is 43.4 Å². The van der Waals surface area contributed by atoms with Crippen LogP contribution in [0.15, 0.2) is 48.5 Å². The van der Waals surface area contributed by atoms with Crippen LogP contribution in [-0.4, -0.2) is 59.6 Å². The molecule has 0 bridgehead atoms. The molecule has 42 heavy (non-hydrogen) atoms. The number of aldehydes is 1. The Balaban J connectivity index is 1.56. The Morgan fingerprint density at radius 3 is 2.45 bits per heavy atom. The number of ether oxygens (including phenoxy) is 1. The van der Waals surface area contributed by atoms with Crippen LogP contribution in [0.4, 0.5) is 4.79 Å². The summed E-state index contributed by atoms with van der Waals surface area (Å²) in [5.41, 5.74) is -0.580. The minimum Gasteiger partial charge on any atom is -0.445 e. The maximum absolute atomic E-state index is 13.3. The average Bonchev–Trinajstić information content (AvgIpc) is 2.98. The highest BCUT2D eigenvalue weighted by atomic mass is 35.5. The molecule has 0 heterocycles. The number of likely N-dealkylation sites (N-methyl/N-ethyl adjacent to an activating group) is 1. The van der Waals surface area contributed by atoms with Gasteiger partial charge in [-0.15, -0.1) is 0 Å². The summed E-state index contributed by atoms with van der Waals surface area (Å²) in [5, 5.41) is 17.0. The van der Waals surface area contributed by atoms with E-state index in [2.05, 4.69) is 10.6 Å². The Labute approximate surface area is 256 Å². The molecule has 1 saturated carbocycles. The van der Waals surface area contributed by atoms with Gasteiger partial charge in [0, 0.05) is 36.5 Å². The smallest absolute Gasteiger partial charge is 0.408 e. The lowest BCUT2D eigenvalue weighted by Crippen LogP contribution is -2.57. The quantitative estimate of drug-likeness (QED) is 0.201. The Morgan fingerprint density at radius 1 is 1.07 bits per heavy atom. The van der Waals surface area contributed by atoms with Gasteiger partial charge in [-0.25, -0.2) is 4.79 Å². The molecule has 1 fully saturated rings. The predicted molar refractivity (Wildman–Crippen MR) is 161 cm³/mol. The van der Waals surface area contributed by atoms with Gasteiger partial charge in [-0.1, -0.05) is 79.6 Å². The maximum Gasteiger partial charge on any atom is 0.408 e. The van der Waals surface area contributed by atoms with Gasteiger partial charge in [-0.3, -0.25) is 14.4 Å². The van der Waals surface area contributed by atoms with E-state index in [1.807, 2.05) is 12.1 Å². The van der Waals surface area contributed by atoms with Crippen molar-refractivity contribution >= 4 is 47.4 Å². The fraction of sp³-hybridized carbons (Fsp3) is 0.484. The van der Waals surface area contributed by atoms with E-state index in [9.17, 15) is 24.3 Å². The Morgan fingerprint density at radius 2 is 1.79 bits per heavy atom. The summed E-state index contributed by atoms with van der Waals surface area (Å²) in [4.78, 5) is 52.0. The van der Waals surface area contributed by atoms with Gasteiger partial charge in [0.25, 0.3) is 0 Å². The third-order valence-electron chi connectivity index (χ3n) is 7.49. The Hall–Kier alpha value is -3.14. The molecule has 2 aromatic rings. The number of alkyl carbamates (subject to hydrolysis) is 1. The van der Waals surface area contributed by atoms with Crippen LogP contribution in [0.1, 0.15) is 62.5 Å². The number of hydrogen-bond acceptors (Lipinski definition) is 6. The molecular weight excluding hydrogens is 581 g/mol. The van der Waals surface area contributed by atoms with Crippen LogP contribution in [0.25, 0.3) is 0 Å². The summed E-state index contributed by atoms with van der Waals surface area (Å²) in [7, 11) is 1.63. The molecule has 0 aromatic heterocycles. The molecule has 0 saturated heterocycles. The first-order valence-electron chi connectivity index (χ1n) is 14.2. The van der Waals surface area contributed by atoms with E-state index >= 15 is 0 Å². The highest BCUT2D eigenvalue weighted by molar-refractivity contribution is 6.30. The molecule has 2 atom stereocenters. The second kappa shape index (κ2) is 16.5. The minimum absolute atomic E-state index is 0.0456. The van der Waals surface area contributed by atoms with Gasteiger partial charge in [0.05, 0.1) is 0 Å². The van der Waals surface area contributed by atoms with E-state index < -0.39 is 23.8 Å². The van der Waals surface area contributed by atoms with Gasteiger partial charge in [0.1, 0.15) is 12.6 Å². The fourth-order valence-corrected chi connectivity index (χ4v) is 5.30. The van der Waals surface area contributed by atoms with E-state index in [4.69, 9.17) is 27.9 Å². The van der Waals surface area contributed by atoms with Crippen molar-refractivity contribution in [3.05, 3.63) is 69.7 Å². The summed E-state index contributed by atoms with van der Waals surface area (Å²) in [6, 6.07) is 13.1. The molecule has 228 valence electrons. The number of nitrogens with zero attached hydrogens (tertiary/aromatic N) is 1. The molecule has 3 N–H and O–H groups in total. The molecule has 1 aliphatic carbocycles. The molecule has 1 aliphatic rings. The number of benzene rings is 2. The molecule has 0 aliphatic heterocycles. The van der Waals surface area contributed by atoms with Gasteiger partial charge in [-0.2, -0.15) is 0 Å². The highest BCUT2D eigenvalue weighted by Gasteiger charge is 2.34. The van der Waals surface area contributed by atoms with E-state index in [-0.39, 0.29) is 37.6 Å². The molecule has 0 radical (unpaired) electrons. The van der Waals surface area contributed by atoms with Crippen molar-refractivity contribution in [3.63, 3.8) is 0 Å². The number of nitrogens with one attached hydrogen (secondary N) is 2. The first kappa shape index (κ1) is 33.4. The van der Waals surface area contributed by atoms with Crippen molar-refractivity contribution in [1.29, 1.82) is 0 Å². The van der Waals surface area contributed by atoms with Gasteiger partial charge in [0.2, 0.25) is 11.8 Å². The van der Waals surface area contributed by atoms with Gasteiger partial charge in [0.15, 0.2) is 12.0 Å². The lowest BCUT2D eigenvalue weighted by molar-refractivity contribution is -0.143. The number of carbonyl (C=O) groups excluding carboxylic acids is 4. The number of amides is 3. The van der Waals surface area contributed by atoms with E-state index in [0.717, 1.165) is 37.7 Å². The van der Waals surface area contributed by atoms with Crippen molar-refractivity contribution in [3.8, 4) is 0 Å². The van der Waals surface area contributed by atoms with Gasteiger partial charge < -0.3 is 25.4 Å². The van der Waals surface area contributed by atoms with Crippen molar-refractivity contribution in [1.82, 2.24) is 15.5 Å². The first-order chi connectivity index (χ1) is 20.1. The van der Waals surface area contributed by atoms with Crippen molar-refractivity contribution in [2.45, 2.75) is 76.2 Å². The number of hydrogen-bond donors (Lipinski definition) is 3. The summed E-state index contributed by atoms with van der Waals surface area (Å²) in [6.45, 7) is 0.382. The third kappa shape index (κ3) is 11.3. The van der Waals surface area contributed by atoms with Crippen LogP contribution < -0.4 is 10.6 Å². The lowest BCUT2D eigenvalue weighted by Gasteiger charge is -2.30. The minimum atomic E-state index is -2.28. The molecule has 11 heteroatoms. The van der Waals surface area contributed by atoms with Crippen molar-refractivity contribution < 1.29 is 29.0 Å². The second-order valence-electron chi connectivity index (χ2n) is 10.9. The van der Waals surface area contributed by atoms with Gasteiger partial charge in [-0.05, 0) is 54.2 Å². The molecule has 2 aromatic carbocycles. The molecule has 1 unspecified atom stereocenters. The summed E-state index contributed by atoms with van der Waals surface area (Å²) < 4.78 is 5.30. The van der Waals surface area contributed by atoms with Crippen molar-refractivity contribution in [2.24, 2.45) is 5.92 Å². The zero-order chi connectivity index (χ0) is 30.5. The summed E-state index contributed by atoms with van der Waals surface area (Å²) in [6.07, 6.45) is 4.87. The second-order valence-corrected chi connectivity index (χ2v) is 11.7. The predicted octanol–water partition coefficient (Wildman–Crippen LogP) is 5.04. The van der Waals surface area contributed by atoms with Crippen LogP contribution >= 0.6 is 23.2 Å². The Kier molecular flexibility index (Phi) is 13.1. The third-order valence-corrected chi connectivity index (χ3v) is 7.98. The van der Waals surface area contributed by atoms with E-state index in [1.165, 1.54) is 4.90 Å². The zero-order valence-electron chi connectivity index (χ0n) is 23.8. The van der Waals surface area contributed by atoms with Crippen LogP contribution in [0.3, 0.4) is 0 Å². The lowest BCUT2D eigenvalue weighted by atomic mass is 9.84. The molecule has 0 spiro atoms.